The van der Waals surface area contributed by atoms with E-state index in [0.29, 0.717) is 6.04 Å². The van der Waals surface area contributed by atoms with Crippen molar-refractivity contribution in [2.75, 3.05) is 18.5 Å². The standard InChI is InChI=1S/C13H23N3/c1-5-11(3)16(6-2)13-8-7-12(9-14-4)10-15-13/h7-8,10-11,14H,5-6,9H2,1-4H3. The fourth-order valence-corrected chi connectivity index (χ4v) is 1.82. The minimum Gasteiger partial charge on any atom is -0.354 e. The van der Waals surface area contributed by atoms with Crippen molar-refractivity contribution in [1.29, 1.82) is 0 Å². The van der Waals surface area contributed by atoms with Crippen molar-refractivity contribution in [3.05, 3.63) is 23.9 Å². The largest absolute Gasteiger partial charge is 0.354 e. The summed E-state index contributed by atoms with van der Waals surface area (Å²) in [6.07, 6.45) is 3.10. The summed E-state index contributed by atoms with van der Waals surface area (Å²) >= 11 is 0. The average molecular weight is 221 g/mol. The lowest BCUT2D eigenvalue weighted by Crippen LogP contribution is -2.32. The Morgan fingerprint density at radius 2 is 2.12 bits per heavy atom. The Bertz CT molecular complexity index is 295. The zero-order valence-electron chi connectivity index (χ0n) is 10.8. The second-order valence-corrected chi connectivity index (χ2v) is 4.10. The van der Waals surface area contributed by atoms with Crippen LogP contribution >= 0.6 is 0 Å². The van der Waals surface area contributed by atoms with Crippen LogP contribution in [-0.2, 0) is 6.54 Å². The molecule has 0 radical (unpaired) electrons. The fraction of sp³-hybridized carbons (Fsp3) is 0.615. The van der Waals surface area contributed by atoms with Gasteiger partial charge in [0.2, 0.25) is 0 Å². The number of anilines is 1. The molecule has 16 heavy (non-hydrogen) atoms. The summed E-state index contributed by atoms with van der Waals surface area (Å²) < 4.78 is 0. The molecule has 3 heteroatoms. The van der Waals surface area contributed by atoms with Gasteiger partial charge in [-0.05, 0) is 38.9 Å². The summed E-state index contributed by atoms with van der Waals surface area (Å²) in [6.45, 7) is 8.51. The van der Waals surface area contributed by atoms with Crippen LogP contribution in [0.15, 0.2) is 18.3 Å². The van der Waals surface area contributed by atoms with Crippen molar-refractivity contribution in [3.63, 3.8) is 0 Å². The van der Waals surface area contributed by atoms with Crippen molar-refractivity contribution in [1.82, 2.24) is 10.3 Å². The first kappa shape index (κ1) is 13.0. The van der Waals surface area contributed by atoms with Crippen LogP contribution in [0.1, 0.15) is 32.8 Å². The SMILES string of the molecule is CCC(C)N(CC)c1ccc(CNC)cn1. The highest BCUT2D eigenvalue weighted by atomic mass is 15.2. The van der Waals surface area contributed by atoms with Crippen molar-refractivity contribution in [2.45, 2.75) is 39.8 Å². The molecule has 0 aromatic carbocycles. The van der Waals surface area contributed by atoms with E-state index in [0.717, 1.165) is 25.3 Å². The van der Waals surface area contributed by atoms with E-state index >= 15 is 0 Å². The van der Waals surface area contributed by atoms with Gasteiger partial charge in [-0.3, -0.25) is 0 Å². The smallest absolute Gasteiger partial charge is 0.128 e. The molecule has 0 spiro atoms. The third-order valence-corrected chi connectivity index (χ3v) is 2.95. The van der Waals surface area contributed by atoms with Crippen LogP contribution in [0.25, 0.3) is 0 Å². The number of hydrogen-bond acceptors (Lipinski definition) is 3. The molecule has 0 fully saturated rings. The van der Waals surface area contributed by atoms with Crippen molar-refractivity contribution >= 4 is 5.82 Å². The van der Waals surface area contributed by atoms with Gasteiger partial charge in [-0.25, -0.2) is 4.98 Å². The van der Waals surface area contributed by atoms with Crippen molar-refractivity contribution in [3.8, 4) is 0 Å². The zero-order valence-corrected chi connectivity index (χ0v) is 10.8. The van der Waals surface area contributed by atoms with E-state index in [-0.39, 0.29) is 0 Å². The average Bonchev–Trinajstić information content (AvgIpc) is 2.32. The van der Waals surface area contributed by atoms with Crippen LogP contribution in [0.2, 0.25) is 0 Å². The molecular formula is C13H23N3. The van der Waals surface area contributed by atoms with Gasteiger partial charge in [-0.15, -0.1) is 0 Å². The van der Waals surface area contributed by atoms with Crippen LogP contribution in [0.4, 0.5) is 5.82 Å². The molecule has 0 aliphatic carbocycles. The lowest BCUT2D eigenvalue weighted by atomic mass is 10.2. The van der Waals surface area contributed by atoms with E-state index in [1.165, 1.54) is 5.56 Å². The highest BCUT2D eigenvalue weighted by molar-refractivity contribution is 5.40. The highest BCUT2D eigenvalue weighted by Gasteiger charge is 2.11. The van der Waals surface area contributed by atoms with Crippen LogP contribution < -0.4 is 10.2 Å². The quantitative estimate of drug-likeness (QED) is 0.799. The van der Waals surface area contributed by atoms with E-state index in [1.807, 2.05) is 13.2 Å². The summed E-state index contributed by atoms with van der Waals surface area (Å²) in [5.74, 6) is 1.08. The van der Waals surface area contributed by atoms with Gasteiger partial charge in [0.05, 0.1) is 0 Å². The Kier molecular flexibility index (Phi) is 5.26. The van der Waals surface area contributed by atoms with Crippen LogP contribution in [0.5, 0.6) is 0 Å². The minimum atomic E-state index is 0.549. The molecule has 0 aliphatic rings. The Morgan fingerprint density at radius 3 is 2.56 bits per heavy atom. The molecule has 0 amide bonds. The predicted octanol–water partition coefficient (Wildman–Crippen LogP) is 2.43. The zero-order chi connectivity index (χ0) is 12.0. The molecule has 0 bridgehead atoms. The monoisotopic (exact) mass is 221 g/mol. The Morgan fingerprint density at radius 1 is 1.38 bits per heavy atom. The van der Waals surface area contributed by atoms with E-state index < -0.39 is 0 Å². The Hall–Kier alpha value is -1.09. The summed E-state index contributed by atoms with van der Waals surface area (Å²) in [5.41, 5.74) is 1.23. The number of rotatable bonds is 6. The topological polar surface area (TPSA) is 28.2 Å². The third-order valence-electron chi connectivity index (χ3n) is 2.95. The van der Waals surface area contributed by atoms with Gasteiger partial charge in [0.1, 0.15) is 5.82 Å². The van der Waals surface area contributed by atoms with Crippen LogP contribution in [0, 0.1) is 0 Å². The molecule has 3 nitrogen and oxygen atoms in total. The predicted molar refractivity (Wildman–Crippen MR) is 69.8 cm³/mol. The molecule has 0 saturated heterocycles. The first-order chi connectivity index (χ1) is 7.72. The van der Waals surface area contributed by atoms with Gasteiger partial charge < -0.3 is 10.2 Å². The van der Waals surface area contributed by atoms with E-state index in [4.69, 9.17) is 0 Å². The van der Waals surface area contributed by atoms with Gasteiger partial charge in [-0.2, -0.15) is 0 Å². The summed E-state index contributed by atoms with van der Waals surface area (Å²) in [6, 6.07) is 4.80. The van der Waals surface area contributed by atoms with Gasteiger partial charge in [0.15, 0.2) is 0 Å². The van der Waals surface area contributed by atoms with Gasteiger partial charge in [-0.1, -0.05) is 13.0 Å². The normalized spacial score (nSPS) is 12.5. The molecule has 1 aromatic rings. The maximum absolute atomic E-state index is 4.52. The minimum absolute atomic E-state index is 0.549. The first-order valence-electron chi connectivity index (χ1n) is 6.09. The lowest BCUT2D eigenvalue weighted by molar-refractivity contribution is 0.622. The third kappa shape index (κ3) is 3.20. The second-order valence-electron chi connectivity index (χ2n) is 4.10. The fourth-order valence-electron chi connectivity index (χ4n) is 1.82. The Labute approximate surface area is 98.9 Å². The molecule has 0 aliphatic heterocycles. The van der Waals surface area contributed by atoms with Crippen LogP contribution in [-0.4, -0.2) is 24.6 Å². The van der Waals surface area contributed by atoms with Gasteiger partial charge >= 0.3 is 0 Å². The number of hydrogen-bond donors (Lipinski definition) is 1. The molecule has 90 valence electrons. The maximum atomic E-state index is 4.52. The number of aromatic nitrogens is 1. The molecule has 0 saturated carbocycles. The second kappa shape index (κ2) is 6.48. The molecule has 1 unspecified atom stereocenters. The molecule has 1 heterocycles. The van der Waals surface area contributed by atoms with Crippen LogP contribution in [0.3, 0.4) is 0 Å². The number of nitrogens with zero attached hydrogens (tertiary/aromatic N) is 2. The number of pyridine rings is 1. The van der Waals surface area contributed by atoms with E-state index in [2.05, 4.69) is 48.1 Å². The molecule has 1 aromatic heterocycles. The summed E-state index contributed by atoms with van der Waals surface area (Å²) in [5, 5.41) is 3.13. The van der Waals surface area contributed by atoms with Crippen molar-refractivity contribution in [2.24, 2.45) is 0 Å². The molecule has 1 atom stereocenters. The maximum Gasteiger partial charge on any atom is 0.128 e. The highest BCUT2D eigenvalue weighted by Crippen LogP contribution is 2.15. The number of nitrogens with one attached hydrogen (secondary N) is 1. The van der Waals surface area contributed by atoms with Crippen molar-refractivity contribution < 1.29 is 0 Å². The Balaban J connectivity index is 2.78. The summed E-state index contributed by atoms with van der Waals surface area (Å²) in [4.78, 5) is 6.86. The molecule has 1 N–H and O–H groups in total. The lowest BCUT2D eigenvalue weighted by Gasteiger charge is -2.28. The summed E-state index contributed by atoms with van der Waals surface area (Å²) in [7, 11) is 1.95. The first-order valence-corrected chi connectivity index (χ1v) is 6.09. The molecular weight excluding hydrogens is 198 g/mol. The van der Waals surface area contributed by atoms with E-state index in [1.54, 1.807) is 0 Å². The molecule has 1 rings (SSSR count). The van der Waals surface area contributed by atoms with E-state index in [9.17, 15) is 0 Å². The van der Waals surface area contributed by atoms with Gasteiger partial charge in [0, 0.05) is 25.3 Å². The van der Waals surface area contributed by atoms with Gasteiger partial charge in [0.25, 0.3) is 0 Å².